The molecule has 23 heavy (non-hydrogen) atoms. The van der Waals surface area contributed by atoms with Gasteiger partial charge in [-0.05, 0) is 53.6 Å². The van der Waals surface area contributed by atoms with E-state index in [9.17, 15) is 0 Å². The van der Waals surface area contributed by atoms with Gasteiger partial charge in [-0.3, -0.25) is 0 Å². The second-order valence-electron chi connectivity index (χ2n) is 5.30. The summed E-state index contributed by atoms with van der Waals surface area (Å²) < 4.78 is 6.97. The Morgan fingerprint density at radius 1 is 1.09 bits per heavy atom. The Labute approximate surface area is 139 Å². The highest BCUT2D eigenvalue weighted by atomic mass is 32.2. The van der Waals surface area contributed by atoms with Crippen LogP contribution in [0.15, 0.2) is 47.6 Å². The van der Waals surface area contributed by atoms with E-state index in [0.717, 1.165) is 27.9 Å². The summed E-state index contributed by atoms with van der Waals surface area (Å²) in [5.41, 5.74) is 4.60. The summed E-state index contributed by atoms with van der Waals surface area (Å²) >= 11 is 1.61. The van der Waals surface area contributed by atoms with E-state index in [2.05, 4.69) is 59.7 Å². The van der Waals surface area contributed by atoms with Gasteiger partial charge in [-0.15, -0.1) is 5.10 Å². The lowest BCUT2D eigenvalue weighted by molar-refractivity contribution is 0.414. The van der Waals surface area contributed by atoms with Gasteiger partial charge >= 0.3 is 0 Å². The molecular weight excluding hydrogens is 308 g/mol. The molecule has 6 heteroatoms. The van der Waals surface area contributed by atoms with Gasteiger partial charge in [0.1, 0.15) is 5.75 Å². The van der Waals surface area contributed by atoms with E-state index in [-0.39, 0.29) is 0 Å². The average Bonchev–Trinajstić information content (AvgIpc) is 3.01. The van der Waals surface area contributed by atoms with Gasteiger partial charge in [-0.2, -0.15) is 4.68 Å². The largest absolute Gasteiger partial charge is 0.497 e. The molecule has 0 unspecified atom stereocenters. The minimum absolute atomic E-state index is 0.785. The van der Waals surface area contributed by atoms with Crippen molar-refractivity contribution in [2.24, 2.45) is 0 Å². The molecule has 0 amide bonds. The van der Waals surface area contributed by atoms with Crippen LogP contribution in [0.3, 0.4) is 0 Å². The highest BCUT2D eigenvalue weighted by molar-refractivity contribution is 7.98. The molecule has 118 valence electrons. The lowest BCUT2D eigenvalue weighted by Gasteiger charge is -2.08. The SMILES string of the molecule is COc1ccc(CSc2nnnn2-c2ccc(C)cc2C)cc1. The van der Waals surface area contributed by atoms with Gasteiger partial charge in [-0.1, -0.05) is 41.6 Å². The average molecular weight is 326 g/mol. The second kappa shape index (κ2) is 6.83. The molecule has 0 aliphatic carbocycles. The van der Waals surface area contributed by atoms with Crippen LogP contribution in [0.2, 0.25) is 0 Å². The summed E-state index contributed by atoms with van der Waals surface area (Å²) in [5.74, 6) is 1.66. The van der Waals surface area contributed by atoms with Crippen molar-refractivity contribution in [3.8, 4) is 11.4 Å². The Hall–Kier alpha value is -2.34. The molecule has 2 aromatic carbocycles. The van der Waals surface area contributed by atoms with Crippen molar-refractivity contribution in [3.63, 3.8) is 0 Å². The number of nitrogens with zero attached hydrogens (tertiary/aromatic N) is 4. The zero-order valence-electron chi connectivity index (χ0n) is 13.4. The number of aromatic nitrogens is 4. The van der Waals surface area contributed by atoms with E-state index in [1.807, 2.05) is 12.1 Å². The van der Waals surface area contributed by atoms with Crippen LogP contribution in [0.4, 0.5) is 0 Å². The van der Waals surface area contributed by atoms with E-state index in [4.69, 9.17) is 4.74 Å². The van der Waals surface area contributed by atoms with E-state index in [1.165, 1.54) is 11.1 Å². The Morgan fingerprint density at radius 2 is 1.87 bits per heavy atom. The molecule has 0 radical (unpaired) electrons. The highest BCUT2D eigenvalue weighted by Gasteiger charge is 2.11. The maximum Gasteiger partial charge on any atom is 0.214 e. The Bertz CT molecular complexity index is 799. The zero-order valence-corrected chi connectivity index (χ0v) is 14.2. The number of tetrazole rings is 1. The van der Waals surface area contributed by atoms with E-state index in [1.54, 1.807) is 23.6 Å². The van der Waals surface area contributed by atoms with Crippen LogP contribution < -0.4 is 4.74 Å². The highest BCUT2D eigenvalue weighted by Crippen LogP contribution is 2.25. The van der Waals surface area contributed by atoms with E-state index < -0.39 is 0 Å². The van der Waals surface area contributed by atoms with Crippen LogP contribution in [-0.2, 0) is 5.75 Å². The summed E-state index contributed by atoms with van der Waals surface area (Å²) in [6.45, 7) is 4.15. The van der Waals surface area contributed by atoms with Crippen LogP contribution >= 0.6 is 11.8 Å². The number of hydrogen-bond acceptors (Lipinski definition) is 5. The zero-order chi connectivity index (χ0) is 16.2. The van der Waals surface area contributed by atoms with Gasteiger partial charge < -0.3 is 4.74 Å². The lowest BCUT2D eigenvalue weighted by Crippen LogP contribution is -2.01. The fraction of sp³-hybridized carbons (Fsp3) is 0.235. The molecule has 0 N–H and O–H groups in total. The quantitative estimate of drug-likeness (QED) is 0.671. The van der Waals surface area contributed by atoms with Crippen LogP contribution in [-0.4, -0.2) is 27.3 Å². The van der Waals surface area contributed by atoms with Crippen LogP contribution in [0.1, 0.15) is 16.7 Å². The summed E-state index contributed by atoms with van der Waals surface area (Å²) in [6.07, 6.45) is 0. The number of hydrogen-bond donors (Lipinski definition) is 0. The maximum atomic E-state index is 5.18. The number of rotatable bonds is 5. The third-order valence-electron chi connectivity index (χ3n) is 3.55. The first kappa shape index (κ1) is 15.6. The molecule has 0 saturated carbocycles. The normalized spacial score (nSPS) is 10.7. The standard InChI is InChI=1S/C17H18N4OS/c1-12-4-9-16(13(2)10-12)21-17(18-19-20-21)23-11-14-5-7-15(22-3)8-6-14/h4-10H,11H2,1-3H3. The van der Waals surface area contributed by atoms with Gasteiger partial charge in [0.2, 0.25) is 5.16 Å². The summed E-state index contributed by atoms with van der Waals surface area (Å²) in [7, 11) is 1.67. The van der Waals surface area contributed by atoms with Crippen LogP contribution in [0.5, 0.6) is 5.75 Å². The van der Waals surface area contributed by atoms with Crippen molar-refractivity contribution in [2.75, 3.05) is 7.11 Å². The number of benzene rings is 2. The molecule has 0 fully saturated rings. The molecule has 0 atom stereocenters. The van der Waals surface area contributed by atoms with Crippen LogP contribution in [0, 0.1) is 13.8 Å². The van der Waals surface area contributed by atoms with Crippen molar-refractivity contribution in [1.29, 1.82) is 0 Å². The molecular formula is C17H18N4OS. The van der Waals surface area contributed by atoms with E-state index >= 15 is 0 Å². The Kier molecular flexibility index (Phi) is 4.62. The number of ether oxygens (including phenoxy) is 1. The molecule has 3 rings (SSSR count). The molecule has 0 bridgehead atoms. The molecule has 5 nitrogen and oxygen atoms in total. The van der Waals surface area contributed by atoms with Gasteiger partial charge in [-0.25, -0.2) is 0 Å². The fourth-order valence-electron chi connectivity index (χ4n) is 2.33. The molecule has 1 aromatic heterocycles. The van der Waals surface area contributed by atoms with Crippen molar-refractivity contribution in [1.82, 2.24) is 20.2 Å². The van der Waals surface area contributed by atoms with Crippen LogP contribution in [0.25, 0.3) is 5.69 Å². The summed E-state index contributed by atoms with van der Waals surface area (Å²) in [5, 5.41) is 12.9. The fourth-order valence-corrected chi connectivity index (χ4v) is 3.17. The van der Waals surface area contributed by atoms with Gasteiger partial charge in [0.15, 0.2) is 0 Å². The smallest absolute Gasteiger partial charge is 0.214 e. The van der Waals surface area contributed by atoms with Crippen molar-refractivity contribution in [3.05, 3.63) is 59.2 Å². The first-order valence-electron chi connectivity index (χ1n) is 7.29. The van der Waals surface area contributed by atoms with E-state index in [0.29, 0.717) is 0 Å². The third-order valence-corrected chi connectivity index (χ3v) is 4.54. The molecule has 0 aliphatic heterocycles. The minimum Gasteiger partial charge on any atom is -0.497 e. The third kappa shape index (κ3) is 3.53. The molecule has 0 spiro atoms. The predicted octanol–water partition coefficient (Wildman–Crippen LogP) is 3.58. The van der Waals surface area contributed by atoms with Gasteiger partial charge in [0, 0.05) is 5.75 Å². The topological polar surface area (TPSA) is 52.8 Å². The first-order chi connectivity index (χ1) is 11.2. The molecule has 3 aromatic rings. The van der Waals surface area contributed by atoms with Gasteiger partial charge in [0.05, 0.1) is 12.8 Å². The van der Waals surface area contributed by atoms with Crippen molar-refractivity contribution >= 4 is 11.8 Å². The van der Waals surface area contributed by atoms with Crippen molar-refractivity contribution in [2.45, 2.75) is 24.8 Å². The Balaban J connectivity index is 1.78. The summed E-state index contributed by atoms with van der Waals surface area (Å²) in [4.78, 5) is 0. The summed E-state index contributed by atoms with van der Waals surface area (Å²) in [6, 6.07) is 14.3. The molecule has 0 saturated heterocycles. The second-order valence-corrected chi connectivity index (χ2v) is 6.24. The first-order valence-corrected chi connectivity index (χ1v) is 8.27. The maximum absolute atomic E-state index is 5.18. The minimum atomic E-state index is 0.785. The molecule has 1 heterocycles. The van der Waals surface area contributed by atoms with Crippen molar-refractivity contribution < 1.29 is 4.74 Å². The molecule has 0 aliphatic rings. The number of thioether (sulfide) groups is 1. The number of methoxy groups -OCH3 is 1. The lowest BCUT2D eigenvalue weighted by atomic mass is 10.1. The van der Waals surface area contributed by atoms with Gasteiger partial charge in [0.25, 0.3) is 0 Å². The Morgan fingerprint density at radius 3 is 2.57 bits per heavy atom. The number of aryl methyl sites for hydroxylation is 2. The monoisotopic (exact) mass is 326 g/mol. The predicted molar refractivity (Wildman–Crippen MR) is 91.2 cm³/mol.